The zero-order chi connectivity index (χ0) is 16.9. The molecule has 0 radical (unpaired) electrons. The molecule has 0 aliphatic carbocycles. The minimum absolute atomic E-state index is 0.0727. The van der Waals surface area contributed by atoms with Crippen molar-refractivity contribution in [3.8, 4) is 0 Å². The van der Waals surface area contributed by atoms with Crippen molar-refractivity contribution >= 4 is 17.4 Å². The Morgan fingerprint density at radius 1 is 1.21 bits per heavy atom. The van der Waals surface area contributed by atoms with E-state index in [2.05, 4.69) is 15.6 Å². The van der Waals surface area contributed by atoms with E-state index in [0.717, 1.165) is 12.8 Å². The van der Waals surface area contributed by atoms with Crippen LogP contribution in [-0.2, 0) is 0 Å². The number of amides is 1. The van der Waals surface area contributed by atoms with Crippen LogP contribution in [-0.4, -0.2) is 42.0 Å². The highest BCUT2D eigenvalue weighted by molar-refractivity contribution is 5.99. The summed E-state index contributed by atoms with van der Waals surface area (Å²) in [5.41, 5.74) is 0.766. The molecule has 1 aliphatic rings. The van der Waals surface area contributed by atoms with Gasteiger partial charge in [-0.3, -0.25) is 4.79 Å². The fourth-order valence-corrected chi connectivity index (χ4v) is 2.91. The summed E-state index contributed by atoms with van der Waals surface area (Å²) in [6.45, 7) is 1.41. The Balaban J connectivity index is 1.79. The molecule has 6 heteroatoms. The smallest absolute Gasteiger partial charge is 0.257 e. The summed E-state index contributed by atoms with van der Waals surface area (Å²) < 4.78 is 13.9. The van der Waals surface area contributed by atoms with Crippen molar-refractivity contribution in [2.75, 3.05) is 25.5 Å². The number of anilines is 2. The molecule has 126 valence electrons. The summed E-state index contributed by atoms with van der Waals surface area (Å²) in [5, 5.41) is 6.18. The maximum absolute atomic E-state index is 13.9. The van der Waals surface area contributed by atoms with Crippen LogP contribution in [0.2, 0.25) is 0 Å². The molecule has 1 aromatic carbocycles. The van der Waals surface area contributed by atoms with E-state index in [1.165, 1.54) is 6.07 Å². The van der Waals surface area contributed by atoms with Gasteiger partial charge in [-0.05, 0) is 44.2 Å². The summed E-state index contributed by atoms with van der Waals surface area (Å²) in [6.07, 6.45) is 3.45. The number of halogens is 1. The molecule has 0 atom stereocenters. The molecule has 1 saturated heterocycles. The van der Waals surface area contributed by atoms with Gasteiger partial charge in [-0.1, -0.05) is 12.1 Å². The van der Waals surface area contributed by atoms with Gasteiger partial charge in [0.2, 0.25) is 0 Å². The monoisotopic (exact) mass is 328 g/mol. The predicted octanol–water partition coefficient (Wildman–Crippen LogP) is 2.79. The molecule has 24 heavy (non-hydrogen) atoms. The molecule has 1 amide bonds. The van der Waals surface area contributed by atoms with Crippen LogP contribution < -0.4 is 10.6 Å². The van der Waals surface area contributed by atoms with Crippen molar-refractivity contribution in [1.82, 2.24) is 15.2 Å². The molecule has 2 N–H and O–H groups in total. The van der Waals surface area contributed by atoms with Crippen molar-refractivity contribution in [2.24, 2.45) is 0 Å². The second-order valence-electron chi connectivity index (χ2n) is 5.86. The number of carbonyl (C=O) groups is 1. The second kappa shape index (κ2) is 7.40. The summed E-state index contributed by atoms with van der Waals surface area (Å²) in [5.74, 6) is -0.0729. The van der Waals surface area contributed by atoms with Crippen molar-refractivity contribution in [3.05, 3.63) is 54.0 Å². The van der Waals surface area contributed by atoms with Crippen LogP contribution >= 0.6 is 0 Å². The van der Waals surface area contributed by atoms with Gasteiger partial charge in [0.15, 0.2) is 0 Å². The normalized spacial score (nSPS) is 15.3. The first-order valence-electron chi connectivity index (χ1n) is 8.12. The van der Waals surface area contributed by atoms with Crippen LogP contribution in [0.4, 0.5) is 15.9 Å². The first-order valence-corrected chi connectivity index (χ1v) is 8.12. The lowest BCUT2D eigenvalue weighted by Gasteiger charge is -2.32. The van der Waals surface area contributed by atoms with Crippen LogP contribution in [0, 0.1) is 5.82 Å². The summed E-state index contributed by atoms with van der Waals surface area (Å²) in [7, 11) is 1.94. The second-order valence-corrected chi connectivity index (χ2v) is 5.86. The zero-order valence-electron chi connectivity index (χ0n) is 13.6. The Hall–Kier alpha value is -2.47. The van der Waals surface area contributed by atoms with E-state index in [1.54, 1.807) is 36.5 Å². The Labute approximate surface area is 140 Å². The molecule has 2 aromatic rings. The van der Waals surface area contributed by atoms with E-state index in [1.807, 2.05) is 11.9 Å². The molecule has 5 nitrogen and oxygen atoms in total. The number of pyridine rings is 1. The number of carbonyl (C=O) groups excluding carboxylic acids is 1. The number of nitrogens with one attached hydrogen (secondary N) is 2. The Kier molecular flexibility index (Phi) is 5.05. The third kappa shape index (κ3) is 3.54. The molecule has 1 aromatic heterocycles. The highest BCUT2D eigenvalue weighted by atomic mass is 19.1. The number of para-hydroxylation sites is 1. The highest BCUT2D eigenvalue weighted by Crippen LogP contribution is 2.23. The minimum Gasteiger partial charge on any atom is -0.338 e. The van der Waals surface area contributed by atoms with Crippen LogP contribution in [0.15, 0.2) is 42.6 Å². The molecule has 2 heterocycles. The largest absolute Gasteiger partial charge is 0.338 e. The molecule has 0 spiro atoms. The molecule has 1 fully saturated rings. The summed E-state index contributed by atoms with van der Waals surface area (Å²) in [4.78, 5) is 18.9. The third-order valence-electron chi connectivity index (χ3n) is 4.36. The van der Waals surface area contributed by atoms with E-state index < -0.39 is 0 Å². The Bertz CT molecular complexity index is 714. The quantitative estimate of drug-likeness (QED) is 0.906. The van der Waals surface area contributed by atoms with E-state index >= 15 is 0 Å². The van der Waals surface area contributed by atoms with E-state index in [9.17, 15) is 9.18 Å². The van der Waals surface area contributed by atoms with Crippen molar-refractivity contribution in [2.45, 2.75) is 18.9 Å². The molecular formula is C18H21FN4O. The van der Waals surface area contributed by atoms with Crippen LogP contribution in [0.25, 0.3) is 0 Å². The number of hydrogen-bond acceptors (Lipinski definition) is 4. The molecular weight excluding hydrogens is 307 g/mol. The van der Waals surface area contributed by atoms with Gasteiger partial charge in [0.1, 0.15) is 11.6 Å². The maximum atomic E-state index is 13.9. The van der Waals surface area contributed by atoms with Gasteiger partial charge >= 0.3 is 0 Å². The number of likely N-dealkylation sites (tertiary alicyclic amines) is 1. The number of rotatable bonds is 4. The number of nitrogens with zero attached hydrogens (tertiary/aromatic N) is 2. The van der Waals surface area contributed by atoms with Gasteiger partial charge in [-0.2, -0.15) is 0 Å². The van der Waals surface area contributed by atoms with Crippen molar-refractivity contribution in [1.29, 1.82) is 0 Å². The van der Waals surface area contributed by atoms with E-state index in [0.29, 0.717) is 36.2 Å². The molecule has 0 unspecified atom stereocenters. The lowest BCUT2D eigenvalue weighted by atomic mass is 10.0. The fraction of sp³-hybridized carbons (Fsp3) is 0.333. The lowest BCUT2D eigenvalue weighted by Crippen LogP contribution is -2.44. The standard InChI is InChI=1S/C18H21FN4O/c1-20-13-8-11-23(12-9-13)18(24)14-5-4-10-21-17(14)22-16-7-3-2-6-15(16)19/h2-7,10,13,20H,8-9,11-12H2,1H3,(H,21,22). The predicted molar refractivity (Wildman–Crippen MR) is 91.9 cm³/mol. The number of hydrogen-bond donors (Lipinski definition) is 2. The molecule has 1 aliphatic heterocycles. The van der Waals surface area contributed by atoms with Gasteiger partial charge in [0.05, 0.1) is 11.3 Å². The van der Waals surface area contributed by atoms with E-state index in [4.69, 9.17) is 0 Å². The molecule has 0 saturated carbocycles. The topological polar surface area (TPSA) is 57.3 Å². The fourth-order valence-electron chi connectivity index (χ4n) is 2.91. The van der Waals surface area contributed by atoms with Crippen LogP contribution in [0.3, 0.4) is 0 Å². The SMILES string of the molecule is CNC1CCN(C(=O)c2cccnc2Nc2ccccc2F)CC1. The average molecular weight is 328 g/mol. The van der Waals surface area contributed by atoms with Crippen LogP contribution in [0.1, 0.15) is 23.2 Å². The molecule has 3 rings (SSSR count). The first kappa shape index (κ1) is 16.4. The number of benzene rings is 1. The Morgan fingerprint density at radius 3 is 2.67 bits per heavy atom. The summed E-state index contributed by atoms with van der Waals surface area (Å²) in [6, 6.07) is 10.3. The van der Waals surface area contributed by atoms with Gasteiger partial charge < -0.3 is 15.5 Å². The Morgan fingerprint density at radius 2 is 1.96 bits per heavy atom. The van der Waals surface area contributed by atoms with Gasteiger partial charge in [0, 0.05) is 25.3 Å². The minimum atomic E-state index is -0.378. The van der Waals surface area contributed by atoms with E-state index in [-0.39, 0.29) is 11.7 Å². The van der Waals surface area contributed by atoms with Gasteiger partial charge in [-0.25, -0.2) is 9.37 Å². The first-order chi connectivity index (χ1) is 11.7. The third-order valence-corrected chi connectivity index (χ3v) is 4.36. The number of piperidine rings is 1. The molecule has 0 bridgehead atoms. The van der Waals surface area contributed by atoms with Crippen molar-refractivity contribution in [3.63, 3.8) is 0 Å². The van der Waals surface area contributed by atoms with Gasteiger partial charge in [0.25, 0.3) is 5.91 Å². The summed E-state index contributed by atoms with van der Waals surface area (Å²) >= 11 is 0. The number of aromatic nitrogens is 1. The lowest BCUT2D eigenvalue weighted by molar-refractivity contribution is 0.0708. The maximum Gasteiger partial charge on any atom is 0.257 e. The van der Waals surface area contributed by atoms with Crippen LogP contribution in [0.5, 0.6) is 0 Å². The average Bonchev–Trinajstić information content (AvgIpc) is 2.63. The zero-order valence-corrected chi connectivity index (χ0v) is 13.6. The highest BCUT2D eigenvalue weighted by Gasteiger charge is 2.24. The van der Waals surface area contributed by atoms with Crippen molar-refractivity contribution < 1.29 is 9.18 Å². The van der Waals surface area contributed by atoms with Gasteiger partial charge in [-0.15, -0.1) is 0 Å².